The molecule has 0 radical (unpaired) electrons. The van der Waals surface area contributed by atoms with Crippen LogP contribution in [0.15, 0.2) is 142 Å². The molecular formula is C45H44N4O6S. The van der Waals surface area contributed by atoms with E-state index in [2.05, 4.69) is 93.7 Å². The Balaban J connectivity index is 0.884. The second-order valence-corrected chi connectivity index (χ2v) is 15.7. The van der Waals surface area contributed by atoms with Gasteiger partial charge in [0.1, 0.15) is 12.4 Å². The molecule has 0 bridgehead atoms. The van der Waals surface area contributed by atoms with Gasteiger partial charge in [-0.1, -0.05) is 97.8 Å². The number of carbonyl (C=O) groups is 2. The number of amides is 2. The smallest absolute Gasteiger partial charge is 0.294 e. The second kappa shape index (κ2) is 17.3. The van der Waals surface area contributed by atoms with E-state index < -0.39 is 15.5 Å². The molecular weight excluding hydrogens is 725 g/mol. The molecule has 11 heteroatoms. The molecule has 1 fully saturated rings. The lowest BCUT2D eigenvalue weighted by atomic mass is 9.77. The second-order valence-electron chi connectivity index (χ2n) is 14.3. The van der Waals surface area contributed by atoms with Crippen molar-refractivity contribution in [2.24, 2.45) is 10.2 Å². The third kappa shape index (κ3) is 9.13. The van der Waals surface area contributed by atoms with E-state index in [1.807, 2.05) is 6.07 Å². The molecule has 0 spiro atoms. The van der Waals surface area contributed by atoms with E-state index >= 15 is 0 Å². The van der Waals surface area contributed by atoms with Crippen LogP contribution in [-0.4, -0.2) is 44.5 Å². The van der Waals surface area contributed by atoms with Crippen LogP contribution in [0.2, 0.25) is 0 Å². The van der Waals surface area contributed by atoms with Crippen molar-refractivity contribution in [1.29, 1.82) is 0 Å². The van der Waals surface area contributed by atoms with Gasteiger partial charge < -0.3 is 15.4 Å². The molecule has 5 aromatic rings. The predicted molar refractivity (Wildman–Crippen MR) is 217 cm³/mol. The quantitative estimate of drug-likeness (QED) is 0.0586. The van der Waals surface area contributed by atoms with Gasteiger partial charge in [-0.15, -0.1) is 0 Å². The van der Waals surface area contributed by atoms with Crippen LogP contribution >= 0.6 is 0 Å². The molecule has 0 atom stereocenters. The molecule has 10 nitrogen and oxygen atoms in total. The Kier molecular flexibility index (Phi) is 11.8. The summed E-state index contributed by atoms with van der Waals surface area (Å²) in [6.07, 6.45) is 7.12. The van der Waals surface area contributed by atoms with E-state index in [-0.39, 0.29) is 23.3 Å². The zero-order chi connectivity index (χ0) is 39.0. The van der Waals surface area contributed by atoms with Crippen molar-refractivity contribution in [3.8, 4) is 16.9 Å². The first-order valence-electron chi connectivity index (χ1n) is 18.9. The van der Waals surface area contributed by atoms with Gasteiger partial charge in [-0.3, -0.25) is 14.1 Å². The molecule has 5 aromatic carbocycles. The number of nitrogens with zero attached hydrogens (tertiary/aromatic N) is 2. The zero-order valence-corrected chi connectivity index (χ0v) is 31.8. The molecule has 0 unspecified atom stereocenters. The minimum Gasteiger partial charge on any atom is -0.489 e. The number of hydrogen-bond donors (Lipinski definition) is 3. The van der Waals surface area contributed by atoms with Gasteiger partial charge in [0.25, 0.3) is 16.0 Å². The summed E-state index contributed by atoms with van der Waals surface area (Å²) in [4.78, 5) is 26.3. The maximum Gasteiger partial charge on any atom is 0.294 e. The topological polar surface area (TPSA) is 147 Å². The zero-order valence-electron chi connectivity index (χ0n) is 31.0. The van der Waals surface area contributed by atoms with Gasteiger partial charge in [0.05, 0.1) is 22.5 Å². The van der Waals surface area contributed by atoms with Crippen LogP contribution in [0.3, 0.4) is 0 Å². The lowest BCUT2D eigenvalue weighted by Gasteiger charge is -2.30. The summed E-state index contributed by atoms with van der Waals surface area (Å²) < 4.78 is 38.9. The molecule has 56 heavy (non-hydrogen) atoms. The van der Waals surface area contributed by atoms with Gasteiger partial charge in [0.2, 0.25) is 5.91 Å². The monoisotopic (exact) mass is 768 g/mol. The number of rotatable bonds is 14. The van der Waals surface area contributed by atoms with Crippen molar-refractivity contribution in [2.75, 3.05) is 19.7 Å². The van der Waals surface area contributed by atoms with E-state index in [1.165, 1.54) is 34.4 Å². The third-order valence-corrected chi connectivity index (χ3v) is 11.4. The van der Waals surface area contributed by atoms with Crippen LogP contribution in [-0.2, 0) is 33.3 Å². The Hall–Kier alpha value is -5.91. The molecule has 0 saturated heterocycles. The summed E-state index contributed by atoms with van der Waals surface area (Å²) in [6, 6.07) is 37.8. The average molecular weight is 769 g/mol. The van der Waals surface area contributed by atoms with Crippen molar-refractivity contribution in [3.05, 3.63) is 155 Å². The van der Waals surface area contributed by atoms with Gasteiger partial charge >= 0.3 is 0 Å². The standard InChI is InChI=1S/C45H44N4O6S/c50-43(36-18-21-40(22-19-36)49-48-30-38-11-4-5-12-42(38)56(52,53)54)46-25-8-26-47-44(51)45(23-6-7-24-45)39-20-17-37-28-33(31-55-41(37)29-39)27-32-13-15-35(16-14-32)34-9-2-1-3-10-34/h1-5,9-22,28-29H,6-8,23-27,30-31H2,(H,46,50)(H,47,51)(H,52,53,54). The first kappa shape index (κ1) is 38.4. The molecule has 1 aliphatic heterocycles. The number of fused-ring (bicyclic) bond motifs is 1. The van der Waals surface area contributed by atoms with Crippen LogP contribution in [0.4, 0.5) is 5.69 Å². The third-order valence-electron chi connectivity index (χ3n) is 10.5. The molecule has 2 aliphatic rings. The van der Waals surface area contributed by atoms with E-state index in [9.17, 15) is 22.6 Å². The average Bonchev–Trinajstić information content (AvgIpc) is 3.73. The Morgan fingerprint density at radius 3 is 2.23 bits per heavy atom. The van der Waals surface area contributed by atoms with Crippen LogP contribution in [0.1, 0.15) is 64.7 Å². The fourth-order valence-electron chi connectivity index (χ4n) is 7.47. The van der Waals surface area contributed by atoms with Crippen molar-refractivity contribution in [2.45, 2.75) is 55.4 Å². The molecule has 0 aromatic heterocycles. The number of azo groups is 1. The summed E-state index contributed by atoms with van der Waals surface area (Å²) in [5.74, 6) is 0.574. The summed E-state index contributed by atoms with van der Waals surface area (Å²) >= 11 is 0. The van der Waals surface area contributed by atoms with Crippen molar-refractivity contribution < 1.29 is 27.3 Å². The highest BCUT2D eigenvalue weighted by atomic mass is 32.2. The maximum absolute atomic E-state index is 13.8. The summed E-state index contributed by atoms with van der Waals surface area (Å²) in [5, 5.41) is 14.2. The largest absolute Gasteiger partial charge is 0.489 e. The van der Waals surface area contributed by atoms with Crippen molar-refractivity contribution in [3.63, 3.8) is 0 Å². The molecule has 2 amide bonds. The Morgan fingerprint density at radius 1 is 0.786 bits per heavy atom. The van der Waals surface area contributed by atoms with Gasteiger partial charge in [-0.05, 0) is 102 Å². The highest BCUT2D eigenvalue weighted by molar-refractivity contribution is 7.85. The molecule has 3 N–H and O–H groups in total. The number of ether oxygens (including phenoxy) is 1. The summed E-state index contributed by atoms with van der Waals surface area (Å²) in [6.45, 7) is 1.29. The number of hydrogen-bond acceptors (Lipinski definition) is 7. The predicted octanol–water partition coefficient (Wildman–Crippen LogP) is 8.65. The lowest BCUT2D eigenvalue weighted by Crippen LogP contribution is -2.43. The summed E-state index contributed by atoms with van der Waals surface area (Å²) in [5.41, 5.74) is 7.50. The highest BCUT2D eigenvalue weighted by Crippen LogP contribution is 2.43. The molecule has 7 rings (SSSR count). The minimum atomic E-state index is -4.37. The van der Waals surface area contributed by atoms with Gasteiger partial charge in [0.15, 0.2) is 0 Å². The van der Waals surface area contributed by atoms with Crippen molar-refractivity contribution >= 4 is 33.7 Å². The Labute approximate surface area is 327 Å². The number of carbonyl (C=O) groups excluding carboxylic acids is 2. The normalized spacial score (nSPS) is 14.8. The van der Waals surface area contributed by atoms with Crippen LogP contribution < -0.4 is 15.4 Å². The highest BCUT2D eigenvalue weighted by Gasteiger charge is 2.43. The van der Waals surface area contributed by atoms with Crippen molar-refractivity contribution in [1.82, 2.24) is 10.6 Å². The van der Waals surface area contributed by atoms with Gasteiger partial charge in [-0.2, -0.15) is 18.6 Å². The van der Waals surface area contributed by atoms with Gasteiger partial charge in [-0.25, -0.2) is 0 Å². The fraction of sp³-hybridized carbons (Fsp3) is 0.244. The first-order chi connectivity index (χ1) is 27.2. The maximum atomic E-state index is 13.8. The first-order valence-corrected chi connectivity index (χ1v) is 20.3. The van der Waals surface area contributed by atoms with Crippen LogP contribution in [0.5, 0.6) is 5.75 Å². The Morgan fingerprint density at radius 2 is 1.48 bits per heavy atom. The molecule has 1 heterocycles. The summed E-state index contributed by atoms with van der Waals surface area (Å²) in [7, 11) is -4.37. The van der Waals surface area contributed by atoms with Crippen LogP contribution in [0.25, 0.3) is 17.2 Å². The Bertz CT molecular complexity index is 2350. The van der Waals surface area contributed by atoms with E-state index in [0.29, 0.717) is 42.9 Å². The fourth-order valence-corrected chi connectivity index (χ4v) is 8.18. The lowest BCUT2D eigenvalue weighted by molar-refractivity contribution is -0.126. The minimum absolute atomic E-state index is 0.0125. The van der Waals surface area contributed by atoms with Crippen LogP contribution in [0, 0.1) is 0 Å². The molecule has 1 saturated carbocycles. The number of benzene rings is 5. The SMILES string of the molecule is O=C(NCCCNC(=O)C1(c2ccc3c(c2)OCC(Cc2ccc(-c4ccccc4)cc2)=C3)CCCC1)c1ccc(N=NCc2ccccc2S(=O)(=O)O)cc1. The van der Waals surface area contributed by atoms with Gasteiger partial charge in [0, 0.05) is 24.2 Å². The van der Waals surface area contributed by atoms with E-state index in [4.69, 9.17) is 4.74 Å². The molecule has 1 aliphatic carbocycles. The van der Waals surface area contributed by atoms with E-state index in [0.717, 1.165) is 49.0 Å². The molecule has 286 valence electrons. The number of nitrogens with one attached hydrogen (secondary N) is 2. The van der Waals surface area contributed by atoms with E-state index in [1.54, 1.807) is 36.4 Å².